The van der Waals surface area contributed by atoms with Crippen molar-refractivity contribution < 1.29 is 4.74 Å². The number of aryl methyl sites for hydroxylation is 1. The molecule has 0 saturated carbocycles. The predicted molar refractivity (Wildman–Crippen MR) is 64.5 cm³/mol. The van der Waals surface area contributed by atoms with Crippen LogP contribution in [0, 0.1) is 0 Å². The molecule has 0 radical (unpaired) electrons. The Bertz CT molecular complexity index is 322. The van der Waals surface area contributed by atoms with Gasteiger partial charge < -0.3 is 10.1 Å². The van der Waals surface area contributed by atoms with Crippen LogP contribution in [0.25, 0.3) is 0 Å². The molecule has 1 aliphatic rings. The summed E-state index contributed by atoms with van der Waals surface area (Å²) in [6.45, 7) is 3.08. The normalized spacial score (nSPS) is 25.6. The van der Waals surface area contributed by atoms with Crippen LogP contribution in [0.5, 0.6) is 0 Å². The summed E-state index contributed by atoms with van der Waals surface area (Å²) in [7, 11) is 1.94. The topological polar surface area (TPSA) is 39.1 Å². The SMILES string of the molecule is CCCC1CC(Nc2ccn(C)n2)CCO1. The summed E-state index contributed by atoms with van der Waals surface area (Å²) in [5, 5.41) is 7.82. The van der Waals surface area contributed by atoms with Crippen molar-refractivity contribution in [2.75, 3.05) is 11.9 Å². The Morgan fingerprint density at radius 1 is 1.62 bits per heavy atom. The second-order valence-electron chi connectivity index (χ2n) is 4.52. The molecule has 16 heavy (non-hydrogen) atoms. The van der Waals surface area contributed by atoms with E-state index in [9.17, 15) is 0 Å². The van der Waals surface area contributed by atoms with Crippen LogP contribution >= 0.6 is 0 Å². The van der Waals surface area contributed by atoms with Gasteiger partial charge in [0, 0.05) is 32.0 Å². The lowest BCUT2D eigenvalue weighted by molar-refractivity contribution is 0.00592. The average Bonchev–Trinajstić information content (AvgIpc) is 2.65. The minimum absolute atomic E-state index is 0.431. The Labute approximate surface area is 97.0 Å². The van der Waals surface area contributed by atoms with E-state index in [0.29, 0.717) is 12.1 Å². The lowest BCUT2D eigenvalue weighted by Gasteiger charge is -2.30. The first kappa shape index (κ1) is 11.5. The maximum absolute atomic E-state index is 5.73. The molecular weight excluding hydrogens is 202 g/mol. The number of rotatable bonds is 4. The third-order valence-electron chi connectivity index (χ3n) is 3.04. The monoisotopic (exact) mass is 223 g/mol. The summed E-state index contributed by atoms with van der Waals surface area (Å²) in [6.07, 6.45) is 6.94. The molecule has 0 aliphatic carbocycles. The highest BCUT2D eigenvalue weighted by molar-refractivity contribution is 5.33. The van der Waals surface area contributed by atoms with Gasteiger partial charge in [0.1, 0.15) is 5.82 Å². The fourth-order valence-corrected chi connectivity index (χ4v) is 2.24. The number of nitrogens with one attached hydrogen (secondary N) is 1. The Morgan fingerprint density at radius 2 is 2.50 bits per heavy atom. The van der Waals surface area contributed by atoms with Gasteiger partial charge >= 0.3 is 0 Å². The van der Waals surface area contributed by atoms with Gasteiger partial charge in [0.05, 0.1) is 6.10 Å². The van der Waals surface area contributed by atoms with Gasteiger partial charge in [-0.2, -0.15) is 5.10 Å². The number of ether oxygens (including phenoxy) is 1. The van der Waals surface area contributed by atoms with E-state index in [1.54, 1.807) is 0 Å². The van der Waals surface area contributed by atoms with E-state index in [2.05, 4.69) is 17.3 Å². The van der Waals surface area contributed by atoms with Crippen LogP contribution in [0.15, 0.2) is 12.3 Å². The molecular formula is C12H21N3O. The number of nitrogens with zero attached hydrogens (tertiary/aromatic N) is 2. The Balaban J connectivity index is 1.85. The van der Waals surface area contributed by atoms with E-state index in [-0.39, 0.29) is 0 Å². The third kappa shape index (κ3) is 2.98. The summed E-state index contributed by atoms with van der Waals surface area (Å²) >= 11 is 0. The molecule has 4 nitrogen and oxygen atoms in total. The van der Waals surface area contributed by atoms with Gasteiger partial charge in [-0.15, -0.1) is 0 Å². The Kier molecular flexibility index (Phi) is 3.83. The summed E-state index contributed by atoms with van der Waals surface area (Å²) in [5.41, 5.74) is 0. The van der Waals surface area contributed by atoms with Gasteiger partial charge in [-0.3, -0.25) is 4.68 Å². The van der Waals surface area contributed by atoms with Crippen LogP contribution in [-0.2, 0) is 11.8 Å². The van der Waals surface area contributed by atoms with Crippen molar-refractivity contribution in [2.24, 2.45) is 7.05 Å². The number of hydrogen-bond acceptors (Lipinski definition) is 3. The van der Waals surface area contributed by atoms with Crippen molar-refractivity contribution in [3.63, 3.8) is 0 Å². The van der Waals surface area contributed by atoms with E-state index >= 15 is 0 Å². The largest absolute Gasteiger partial charge is 0.378 e. The lowest BCUT2D eigenvalue weighted by Crippen LogP contribution is -2.34. The van der Waals surface area contributed by atoms with Gasteiger partial charge in [0.2, 0.25) is 0 Å². The second kappa shape index (κ2) is 5.34. The molecule has 2 heterocycles. The zero-order valence-corrected chi connectivity index (χ0v) is 10.1. The molecule has 0 bridgehead atoms. The van der Waals surface area contributed by atoms with Crippen LogP contribution < -0.4 is 5.32 Å². The number of anilines is 1. The van der Waals surface area contributed by atoms with Crippen LogP contribution in [0.2, 0.25) is 0 Å². The van der Waals surface area contributed by atoms with E-state index in [4.69, 9.17) is 4.74 Å². The molecule has 90 valence electrons. The fraction of sp³-hybridized carbons (Fsp3) is 0.750. The lowest BCUT2D eigenvalue weighted by atomic mass is 10.0. The molecule has 1 aromatic heterocycles. The molecule has 2 unspecified atom stereocenters. The molecule has 2 atom stereocenters. The van der Waals surface area contributed by atoms with Crippen molar-refractivity contribution in [1.82, 2.24) is 9.78 Å². The Morgan fingerprint density at radius 3 is 3.19 bits per heavy atom. The summed E-state index contributed by atoms with van der Waals surface area (Å²) in [6, 6.07) is 2.53. The zero-order valence-electron chi connectivity index (χ0n) is 10.1. The first-order valence-electron chi connectivity index (χ1n) is 6.15. The van der Waals surface area contributed by atoms with Crippen LogP contribution in [0.4, 0.5) is 5.82 Å². The number of hydrogen-bond donors (Lipinski definition) is 1. The van der Waals surface area contributed by atoms with Crippen LogP contribution in [0.1, 0.15) is 32.6 Å². The third-order valence-corrected chi connectivity index (χ3v) is 3.04. The first-order valence-corrected chi connectivity index (χ1v) is 6.15. The van der Waals surface area contributed by atoms with Crippen LogP contribution in [0.3, 0.4) is 0 Å². The summed E-state index contributed by atoms with van der Waals surface area (Å²) in [5.74, 6) is 0.977. The molecule has 1 aliphatic heterocycles. The molecule has 1 aromatic rings. The summed E-state index contributed by atoms with van der Waals surface area (Å²) < 4.78 is 7.55. The highest BCUT2D eigenvalue weighted by Crippen LogP contribution is 2.20. The molecule has 2 rings (SSSR count). The molecule has 0 aromatic carbocycles. The predicted octanol–water partition coefficient (Wildman–Crippen LogP) is 2.18. The van der Waals surface area contributed by atoms with E-state index in [0.717, 1.165) is 25.3 Å². The molecule has 1 N–H and O–H groups in total. The minimum Gasteiger partial charge on any atom is -0.378 e. The van der Waals surface area contributed by atoms with Crippen molar-refractivity contribution in [1.29, 1.82) is 0 Å². The zero-order chi connectivity index (χ0) is 11.4. The Hall–Kier alpha value is -1.03. The molecule has 4 heteroatoms. The number of aromatic nitrogens is 2. The maximum atomic E-state index is 5.73. The second-order valence-corrected chi connectivity index (χ2v) is 4.52. The smallest absolute Gasteiger partial charge is 0.148 e. The van der Waals surface area contributed by atoms with Crippen molar-refractivity contribution in [3.05, 3.63) is 12.3 Å². The molecule has 0 spiro atoms. The quantitative estimate of drug-likeness (QED) is 0.850. The van der Waals surface area contributed by atoms with E-state index in [1.807, 2.05) is 24.0 Å². The standard InChI is InChI=1S/C12H21N3O/c1-3-4-11-9-10(6-8-16-11)13-12-5-7-15(2)14-12/h5,7,10-11H,3-4,6,8-9H2,1-2H3,(H,13,14). The maximum Gasteiger partial charge on any atom is 0.148 e. The van der Waals surface area contributed by atoms with Gasteiger partial charge in [-0.1, -0.05) is 13.3 Å². The molecule has 1 fully saturated rings. The van der Waals surface area contributed by atoms with Gasteiger partial charge in [0.15, 0.2) is 0 Å². The van der Waals surface area contributed by atoms with Crippen molar-refractivity contribution >= 4 is 5.82 Å². The van der Waals surface area contributed by atoms with Gasteiger partial charge in [-0.25, -0.2) is 0 Å². The van der Waals surface area contributed by atoms with Crippen molar-refractivity contribution in [2.45, 2.75) is 44.8 Å². The molecule has 1 saturated heterocycles. The average molecular weight is 223 g/mol. The molecule has 0 amide bonds. The highest BCUT2D eigenvalue weighted by atomic mass is 16.5. The minimum atomic E-state index is 0.431. The van der Waals surface area contributed by atoms with Gasteiger partial charge in [-0.05, 0) is 19.3 Å². The van der Waals surface area contributed by atoms with Gasteiger partial charge in [0.25, 0.3) is 0 Å². The van der Waals surface area contributed by atoms with Crippen LogP contribution in [-0.4, -0.2) is 28.5 Å². The fourth-order valence-electron chi connectivity index (χ4n) is 2.24. The van der Waals surface area contributed by atoms with Crippen molar-refractivity contribution in [3.8, 4) is 0 Å². The first-order chi connectivity index (χ1) is 7.78. The van der Waals surface area contributed by atoms with E-state index in [1.165, 1.54) is 12.8 Å². The summed E-state index contributed by atoms with van der Waals surface area (Å²) in [4.78, 5) is 0. The highest BCUT2D eigenvalue weighted by Gasteiger charge is 2.22. The van der Waals surface area contributed by atoms with E-state index < -0.39 is 0 Å².